The molecule has 0 spiro atoms. The maximum atomic E-state index is 11.6. The Kier molecular flexibility index (Phi) is 7.02. The second-order valence-corrected chi connectivity index (χ2v) is 5.82. The van der Waals surface area contributed by atoms with Gasteiger partial charge in [-0.3, -0.25) is 4.79 Å². The molecule has 3 N–H and O–H groups in total. The van der Waals surface area contributed by atoms with Crippen LogP contribution in [0.25, 0.3) is 0 Å². The third kappa shape index (κ3) is 6.79. The van der Waals surface area contributed by atoms with Gasteiger partial charge >= 0.3 is 0 Å². The van der Waals surface area contributed by atoms with E-state index in [4.69, 9.17) is 5.73 Å². The lowest BCUT2D eigenvalue weighted by atomic mass is 9.87. The summed E-state index contributed by atoms with van der Waals surface area (Å²) in [7, 11) is 0. The van der Waals surface area contributed by atoms with E-state index in [-0.39, 0.29) is 11.3 Å². The Labute approximate surface area is 97.6 Å². The van der Waals surface area contributed by atoms with Crippen LogP contribution >= 0.6 is 11.8 Å². The molecule has 4 heteroatoms. The summed E-state index contributed by atoms with van der Waals surface area (Å²) in [6.07, 6.45) is 4.27. The number of carbonyl (C=O) groups excluding carboxylic acids is 1. The molecule has 0 saturated heterocycles. The van der Waals surface area contributed by atoms with Crippen LogP contribution in [0, 0.1) is 5.41 Å². The van der Waals surface area contributed by atoms with E-state index in [0.717, 1.165) is 25.1 Å². The van der Waals surface area contributed by atoms with Crippen LogP contribution in [-0.4, -0.2) is 30.5 Å². The molecule has 1 unspecified atom stereocenters. The number of carbonyl (C=O) groups is 1. The zero-order valence-corrected chi connectivity index (χ0v) is 11.1. The summed E-state index contributed by atoms with van der Waals surface area (Å²) >= 11 is 1.83. The van der Waals surface area contributed by atoms with Gasteiger partial charge in [-0.05, 0) is 30.3 Å². The Bertz CT molecular complexity index is 190. The molecule has 0 saturated carbocycles. The molecule has 1 amide bonds. The van der Waals surface area contributed by atoms with Gasteiger partial charge in [0.15, 0.2) is 0 Å². The van der Waals surface area contributed by atoms with E-state index in [0.29, 0.717) is 0 Å². The van der Waals surface area contributed by atoms with Gasteiger partial charge in [-0.15, -0.1) is 0 Å². The minimum Gasteiger partial charge on any atom is -0.355 e. The van der Waals surface area contributed by atoms with Crippen molar-refractivity contribution in [3.05, 3.63) is 0 Å². The lowest BCUT2D eigenvalue weighted by molar-refractivity contribution is -0.124. The first-order valence-corrected chi connectivity index (χ1v) is 6.81. The van der Waals surface area contributed by atoms with Crippen molar-refractivity contribution in [1.82, 2.24) is 5.32 Å². The Hall–Kier alpha value is -0.220. The summed E-state index contributed by atoms with van der Waals surface area (Å²) in [6.45, 7) is 6.67. The second kappa shape index (κ2) is 7.12. The molecule has 0 aliphatic heterocycles. The van der Waals surface area contributed by atoms with Gasteiger partial charge in [-0.2, -0.15) is 11.8 Å². The molecule has 0 aromatic carbocycles. The normalized spacial score (nSPS) is 13.7. The minimum atomic E-state index is -0.418. The number of hydrogen-bond donors (Lipinski definition) is 2. The van der Waals surface area contributed by atoms with Crippen LogP contribution in [0.1, 0.15) is 33.6 Å². The second-order valence-electron chi connectivity index (χ2n) is 4.83. The molecule has 0 aromatic rings. The summed E-state index contributed by atoms with van der Waals surface area (Å²) in [5.41, 5.74) is 5.66. The number of nitrogens with two attached hydrogens (primary N) is 1. The smallest absolute Gasteiger partial charge is 0.237 e. The van der Waals surface area contributed by atoms with E-state index >= 15 is 0 Å². The Morgan fingerprint density at radius 2 is 2.00 bits per heavy atom. The van der Waals surface area contributed by atoms with E-state index in [1.165, 1.54) is 0 Å². The summed E-state index contributed by atoms with van der Waals surface area (Å²) in [5, 5.41) is 2.87. The van der Waals surface area contributed by atoms with Gasteiger partial charge < -0.3 is 11.1 Å². The number of amides is 1. The van der Waals surface area contributed by atoms with Gasteiger partial charge in [-0.1, -0.05) is 20.8 Å². The van der Waals surface area contributed by atoms with Crippen molar-refractivity contribution in [1.29, 1.82) is 0 Å². The highest BCUT2D eigenvalue weighted by Gasteiger charge is 2.26. The lowest BCUT2D eigenvalue weighted by Crippen LogP contribution is -2.48. The van der Waals surface area contributed by atoms with E-state index in [9.17, 15) is 4.79 Å². The number of hydrogen-bond acceptors (Lipinski definition) is 3. The van der Waals surface area contributed by atoms with Crippen LogP contribution in [0.2, 0.25) is 0 Å². The largest absolute Gasteiger partial charge is 0.355 e. The zero-order chi connectivity index (χ0) is 11.9. The predicted octanol–water partition coefficient (Wildman–Crippen LogP) is 1.62. The van der Waals surface area contributed by atoms with Crippen LogP contribution in [0.15, 0.2) is 0 Å². The SMILES string of the molecule is CSCCCCNC(=O)C(N)C(C)(C)C. The number of nitrogens with one attached hydrogen (secondary N) is 1. The highest BCUT2D eigenvalue weighted by molar-refractivity contribution is 7.98. The number of rotatable bonds is 6. The Balaban J connectivity index is 3.66. The van der Waals surface area contributed by atoms with Crippen LogP contribution in [-0.2, 0) is 4.79 Å². The fourth-order valence-electron chi connectivity index (χ4n) is 1.09. The standard InChI is InChI=1S/C11H24N2OS/c1-11(2,3)9(12)10(14)13-7-5-6-8-15-4/h9H,5-8,12H2,1-4H3,(H,13,14). The van der Waals surface area contributed by atoms with E-state index in [2.05, 4.69) is 11.6 Å². The van der Waals surface area contributed by atoms with Gasteiger partial charge in [0.2, 0.25) is 5.91 Å². The van der Waals surface area contributed by atoms with E-state index in [1.54, 1.807) is 0 Å². The van der Waals surface area contributed by atoms with Crippen LogP contribution in [0.3, 0.4) is 0 Å². The maximum absolute atomic E-state index is 11.6. The van der Waals surface area contributed by atoms with Crippen molar-refractivity contribution in [3.63, 3.8) is 0 Å². The predicted molar refractivity (Wildman–Crippen MR) is 68.1 cm³/mol. The van der Waals surface area contributed by atoms with Crippen molar-refractivity contribution in [2.45, 2.75) is 39.7 Å². The molecule has 3 nitrogen and oxygen atoms in total. The molecule has 0 heterocycles. The summed E-state index contributed by atoms with van der Waals surface area (Å²) < 4.78 is 0. The lowest BCUT2D eigenvalue weighted by Gasteiger charge is -2.25. The van der Waals surface area contributed by atoms with Crippen molar-refractivity contribution in [3.8, 4) is 0 Å². The zero-order valence-electron chi connectivity index (χ0n) is 10.3. The first kappa shape index (κ1) is 14.8. The quantitative estimate of drug-likeness (QED) is 0.684. The molecule has 0 bridgehead atoms. The first-order chi connectivity index (χ1) is 6.89. The highest BCUT2D eigenvalue weighted by atomic mass is 32.2. The third-order valence-electron chi connectivity index (χ3n) is 2.29. The molecular formula is C11H24N2OS. The maximum Gasteiger partial charge on any atom is 0.237 e. The van der Waals surface area contributed by atoms with Crippen LogP contribution in [0.4, 0.5) is 0 Å². The van der Waals surface area contributed by atoms with Crippen molar-refractivity contribution in [2.75, 3.05) is 18.6 Å². The van der Waals surface area contributed by atoms with E-state index < -0.39 is 6.04 Å². The molecule has 0 fully saturated rings. The van der Waals surface area contributed by atoms with Crippen molar-refractivity contribution in [2.24, 2.45) is 11.1 Å². The fourth-order valence-corrected chi connectivity index (χ4v) is 1.58. The molecule has 0 rings (SSSR count). The average molecular weight is 232 g/mol. The first-order valence-electron chi connectivity index (χ1n) is 5.42. The van der Waals surface area contributed by atoms with Crippen molar-refractivity contribution >= 4 is 17.7 Å². The van der Waals surface area contributed by atoms with E-state index in [1.807, 2.05) is 32.5 Å². The van der Waals surface area contributed by atoms with Crippen LogP contribution < -0.4 is 11.1 Å². The Morgan fingerprint density at radius 3 is 2.47 bits per heavy atom. The minimum absolute atomic E-state index is 0.0355. The van der Waals surface area contributed by atoms with Gasteiger partial charge in [0.05, 0.1) is 6.04 Å². The average Bonchev–Trinajstić information content (AvgIpc) is 2.14. The topological polar surface area (TPSA) is 55.1 Å². The highest BCUT2D eigenvalue weighted by Crippen LogP contribution is 2.17. The molecule has 1 atom stereocenters. The fraction of sp³-hybridized carbons (Fsp3) is 0.909. The van der Waals surface area contributed by atoms with Gasteiger partial charge in [0, 0.05) is 6.54 Å². The molecule has 0 aliphatic carbocycles. The summed E-state index contributed by atoms with van der Waals surface area (Å²) in [4.78, 5) is 11.6. The number of unbranched alkanes of at least 4 members (excludes halogenated alkanes) is 1. The molecule has 15 heavy (non-hydrogen) atoms. The molecule has 0 aromatic heterocycles. The Morgan fingerprint density at radius 1 is 1.40 bits per heavy atom. The third-order valence-corrected chi connectivity index (χ3v) is 2.99. The molecule has 0 aliphatic rings. The van der Waals surface area contributed by atoms with Crippen LogP contribution in [0.5, 0.6) is 0 Å². The van der Waals surface area contributed by atoms with Gasteiger partial charge in [0.1, 0.15) is 0 Å². The van der Waals surface area contributed by atoms with Gasteiger partial charge in [-0.25, -0.2) is 0 Å². The van der Waals surface area contributed by atoms with Gasteiger partial charge in [0.25, 0.3) is 0 Å². The molecule has 90 valence electrons. The summed E-state index contributed by atoms with van der Waals surface area (Å²) in [6, 6.07) is -0.418. The molecular weight excluding hydrogens is 208 g/mol. The monoisotopic (exact) mass is 232 g/mol. The number of thioether (sulfide) groups is 1. The molecule has 0 radical (unpaired) electrons. The van der Waals surface area contributed by atoms with Crippen molar-refractivity contribution < 1.29 is 4.79 Å². The summed E-state index contributed by atoms with van der Waals surface area (Å²) in [5.74, 6) is 1.12.